The van der Waals surface area contributed by atoms with Gasteiger partial charge in [0.15, 0.2) is 0 Å². The van der Waals surface area contributed by atoms with Crippen molar-refractivity contribution < 1.29 is 0 Å². The highest BCUT2D eigenvalue weighted by molar-refractivity contribution is 6.37. The molecular formula is C71H38N6. The highest BCUT2D eigenvalue weighted by atomic mass is 15.1. The maximum atomic E-state index is 12.8. The molecule has 0 fully saturated rings. The average molecular weight is 975 g/mol. The van der Waals surface area contributed by atoms with E-state index in [9.17, 15) is 5.26 Å². The van der Waals surface area contributed by atoms with E-state index in [1.165, 1.54) is 59.2 Å². The molecule has 0 amide bonds. The number of aromatic nitrogens is 5. The summed E-state index contributed by atoms with van der Waals surface area (Å²) in [6.45, 7) is 0. The van der Waals surface area contributed by atoms with Gasteiger partial charge in [0.2, 0.25) is 0 Å². The highest BCUT2D eigenvalue weighted by Gasteiger charge is 2.35. The molecule has 352 valence electrons. The molecule has 18 rings (SSSR count). The highest BCUT2D eigenvalue weighted by Crippen LogP contribution is 2.55. The summed E-state index contributed by atoms with van der Waals surface area (Å²) >= 11 is 0. The molecule has 0 bridgehead atoms. The van der Waals surface area contributed by atoms with Crippen molar-refractivity contribution in [3.05, 3.63) is 236 Å². The van der Waals surface area contributed by atoms with Crippen LogP contribution in [0.1, 0.15) is 5.56 Å². The van der Waals surface area contributed by atoms with Crippen molar-refractivity contribution in [1.82, 2.24) is 23.7 Å². The largest absolute Gasteiger partial charge is 0.307 e. The molecule has 77 heavy (non-hydrogen) atoms. The number of nitrogens with zero attached hydrogens (tertiary/aromatic N) is 6. The number of hydrogen-bond donors (Lipinski definition) is 0. The minimum Gasteiger partial charge on any atom is -0.307 e. The molecule has 0 saturated carbocycles. The van der Waals surface area contributed by atoms with Crippen LogP contribution in [0.4, 0.5) is 0 Å². The smallest absolute Gasteiger partial charge is 0.146 e. The first-order valence-electron chi connectivity index (χ1n) is 26.2. The van der Waals surface area contributed by atoms with Gasteiger partial charge in [-0.15, -0.1) is 0 Å². The Bertz CT molecular complexity index is 5070. The van der Waals surface area contributed by atoms with Gasteiger partial charge >= 0.3 is 0 Å². The predicted molar refractivity (Wildman–Crippen MR) is 319 cm³/mol. The first kappa shape index (κ1) is 40.8. The van der Waals surface area contributed by atoms with E-state index in [0.717, 1.165) is 110 Å². The van der Waals surface area contributed by atoms with Crippen LogP contribution in [0.2, 0.25) is 0 Å². The fourth-order valence-corrected chi connectivity index (χ4v) is 14.2. The summed E-state index contributed by atoms with van der Waals surface area (Å²) < 4.78 is 7.19. The minimum absolute atomic E-state index is 0.526. The fraction of sp³-hybridized carbons (Fsp3) is 0. The van der Waals surface area contributed by atoms with E-state index in [1.54, 1.807) is 0 Å². The van der Waals surface area contributed by atoms with E-state index >= 15 is 0 Å². The molecule has 18 aromatic rings. The van der Waals surface area contributed by atoms with E-state index < -0.39 is 0 Å². The molecule has 0 radical (unpaired) electrons. The molecular weight excluding hydrogens is 937 g/mol. The third-order valence-corrected chi connectivity index (χ3v) is 17.0. The van der Waals surface area contributed by atoms with Crippen molar-refractivity contribution in [2.45, 2.75) is 0 Å². The number of nitriles is 1. The van der Waals surface area contributed by atoms with E-state index in [4.69, 9.17) is 9.97 Å². The van der Waals surface area contributed by atoms with Crippen LogP contribution in [0.25, 0.3) is 170 Å². The quantitative estimate of drug-likeness (QED) is 0.161. The molecule has 13 aromatic carbocycles. The summed E-state index contributed by atoms with van der Waals surface area (Å²) in [7, 11) is 0. The molecule has 0 saturated heterocycles. The Labute approximate surface area is 438 Å². The van der Waals surface area contributed by atoms with E-state index in [-0.39, 0.29) is 0 Å². The Morgan fingerprint density at radius 2 is 0.571 bits per heavy atom. The first-order valence-corrected chi connectivity index (χ1v) is 26.2. The van der Waals surface area contributed by atoms with Gasteiger partial charge in [0.25, 0.3) is 0 Å². The van der Waals surface area contributed by atoms with Crippen LogP contribution < -0.4 is 0 Å². The second-order valence-corrected chi connectivity index (χ2v) is 20.6. The standard InChI is InChI=1S/C71H38N6/c72-39-54-67(75-55-31-13-27-48-42-21-7-8-22-43(42)49-28-14-32-56(75)62(49)61(48)55)59(40-17-3-1-4-18-40)69(77-58-34-16-30-51-45-24-10-12-26-47(45)53-36-38-74-71(77)66(53)64(51)58)60(41-19-5-2-6-20-41)68(54)76-57-33-15-29-50-44-23-9-11-25-46(44)52-35-37-73-70(76)65(52)63(50)57/h1-38H. The summed E-state index contributed by atoms with van der Waals surface area (Å²) in [4.78, 5) is 10.9. The summed E-state index contributed by atoms with van der Waals surface area (Å²) in [6, 6.07) is 81.8. The Morgan fingerprint density at radius 3 is 0.948 bits per heavy atom. The van der Waals surface area contributed by atoms with Gasteiger partial charge in [-0.2, -0.15) is 5.26 Å². The van der Waals surface area contributed by atoms with Gasteiger partial charge in [-0.05, 0) is 112 Å². The molecule has 0 unspecified atom stereocenters. The van der Waals surface area contributed by atoms with Crippen molar-refractivity contribution in [1.29, 1.82) is 5.26 Å². The first-order chi connectivity index (χ1) is 38.3. The summed E-state index contributed by atoms with van der Waals surface area (Å²) in [5.41, 5.74) is 12.4. The van der Waals surface area contributed by atoms with Gasteiger partial charge in [-0.1, -0.05) is 182 Å². The summed E-state index contributed by atoms with van der Waals surface area (Å²) in [6.07, 6.45) is 3.92. The van der Waals surface area contributed by atoms with Gasteiger partial charge < -0.3 is 4.57 Å². The van der Waals surface area contributed by atoms with Gasteiger partial charge in [0.1, 0.15) is 22.9 Å². The van der Waals surface area contributed by atoms with Crippen LogP contribution >= 0.6 is 0 Å². The lowest BCUT2D eigenvalue weighted by atomic mass is 9.88. The molecule has 0 aliphatic heterocycles. The van der Waals surface area contributed by atoms with Gasteiger partial charge in [-0.25, -0.2) is 9.97 Å². The van der Waals surface area contributed by atoms with Crippen molar-refractivity contribution in [2.24, 2.45) is 0 Å². The fourth-order valence-electron chi connectivity index (χ4n) is 14.2. The molecule has 0 N–H and O–H groups in total. The lowest BCUT2D eigenvalue weighted by molar-refractivity contribution is 1.07. The molecule has 5 aromatic heterocycles. The lowest BCUT2D eigenvalue weighted by Crippen LogP contribution is -2.14. The number of benzene rings is 13. The van der Waals surface area contributed by atoms with Gasteiger partial charge in [-0.3, -0.25) is 9.13 Å². The zero-order valence-electron chi connectivity index (χ0n) is 41.1. The topological polar surface area (TPSA) is 64.4 Å². The van der Waals surface area contributed by atoms with Crippen molar-refractivity contribution in [2.75, 3.05) is 0 Å². The molecule has 5 heterocycles. The SMILES string of the molecule is N#Cc1c(-n2c3cccc4c5ccccc5c5cccc2c5c43)c(-c2ccccc2)c(-n2c3cccc4c5ccccc5c5ccnc2c5c43)c(-c2ccccc2)c1-n1c2cccc3c4ccccc4c4ccnc1c4c32. The van der Waals surface area contributed by atoms with Crippen molar-refractivity contribution in [3.8, 4) is 45.4 Å². The average Bonchev–Trinajstić information content (AvgIpc) is 4.32. The third kappa shape index (κ3) is 5.04. The zero-order valence-corrected chi connectivity index (χ0v) is 41.1. The van der Waals surface area contributed by atoms with Crippen molar-refractivity contribution in [3.63, 3.8) is 0 Å². The maximum Gasteiger partial charge on any atom is 0.146 e. The van der Waals surface area contributed by atoms with Crippen LogP contribution in [0.15, 0.2) is 231 Å². The molecule has 0 atom stereocenters. The Morgan fingerprint density at radius 1 is 0.273 bits per heavy atom. The Hall–Kier alpha value is -10.6. The van der Waals surface area contributed by atoms with Crippen molar-refractivity contribution >= 4 is 130 Å². The van der Waals surface area contributed by atoms with Crippen LogP contribution in [0.5, 0.6) is 0 Å². The Kier molecular flexibility index (Phi) is 7.84. The van der Waals surface area contributed by atoms with Crippen LogP contribution in [-0.4, -0.2) is 23.7 Å². The van der Waals surface area contributed by atoms with Crippen LogP contribution in [-0.2, 0) is 0 Å². The molecule has 0 aliphatic carbocycles. The third-order valence-electron chi connectivity index (χ3n) is 17.0. The zero-order chi connectivity index (χ0) is 50.2. The second-order valence-electron chi connectivity index (χ2n) is 20.6. The number of hydrogen-bond acceptors (Lipinski definition) is 3. The number of rotatable bonds is 5. The second kappa shape index (κ2) is 14.8. The Balaban J connectivity index is 1.17. The van der Waals surface area contributed by atoms with Crippen LogP contribution in [0, 0.1) is 11.3 Å². The number of fused-ring (bicyclic) bond motifs is 9. The number of pyridine rings is 2. The van der Waals surface area contributed by atoms with E-state index in [1.807, 2.05) is 12.4 Å². The van der Waals surface area contributed by atoms with Gasteiger partial charge in [0.05, 0.1) is 39.1 Å². The van der Waals surface area contributed by atoms with Gasteiger partial charge in [0, 0.05) is 55.8 Å². The maximum absolute atomic E-state index is 12.8. The molecule has 6 heteroatoms. The monoisotopic (exact) mass is 974 g/mol. The summed E-state index contributed by atoms with van der Waals surface area (Å²) in [5, 5.41) is 33.6. The van der Waals surface area contributed by atoms with Crippen LogP contribution in [0.3, 0.4) is 0 Å². The molecule has 0 aliphatic rings. The van der Waals surface area contributed by atoms with E-state index in [0.29, 0.717) is 5.56 Å². The minimum atomic E-state index is 0.526. The molecule has 0 spiro atoms. The normalized spacial score (nSPS) is 12.4. The lowest BCUT2D eigenvalue weighted by Gasteiger charge is -2.28. The summed E-state index contributed by atoms with van der Waals surface area (Å²) in [5.74, 6) is 0. The predicted octanol–water partition coefficient (Wildman–Crippen LogP) is 18.2. The molecule has 6 nitrogen and oxygen atoms in total. The van der Waals surface area contributed by atoms with E-state index in [2.05, 4.69) is 238 Å².